The third-order valence-corrected chi connectivity index (χ3v) is 5.66. The van der Waals surface area contributed by atoms with E-state index in [0.29, 0.717) is 5.56 Å². The molecule has 1 aromatic carbocycles. The van der Waals surface area contributed by atoms with Crippen molar-refractivity contribution in [3.8, 4) is 5.69 Å². The van der Waals surface area contributed by atoms with Crippen LogP contribution in [0.1, 0.15) is 47.2 Å². The highest BCUT2D eigenvalue weighted by molar-refractivity contribution is 7.80. The fourth-order valence-corrected chi connectivity index (χ4v) is 4.29. The maximum atomic E-state index is 11.8. The van der Waals surface area contributed by atoms with Gasteiger partial charge in [0.2, 0.25) is 0 Å². The van der Waals surface area contributed by atoms with Crippen molar-refractivity contribution in [3.05, 3.63) is 83.9 Å². The van der Waals surface area contributed by atoms with E-state index in [1.54, 1.807) is 12.1 Å². The zero-order valence-electron chi connectivity index (χ0n) is 17.0. The Kier molecular flexibility index (Phi) is 5.81. The zero-order chi connectivity index (χ0) is 21.1. The Hall–Kier alpha value is -3.19. The van der Waals surface area contributed by atoms with Crippen LogP contribution in [0.3, 0.4) is 0 Å². The average molecular weight is 421 g/mol. The molecule has 0 amide bonds. The van der Waals surface area contributed by atoms with E-state index >= 15 is 0 Å². The summed E-state index contributed by atoms with van der Waals surface area (Å²) in [5.41, 5.74) is 3.56. The normalized spacial score (nSPS) is 18.3. The van der Waals surface area contributed by atoms with E-state index in [1.165, 1.54) is 7.11 Å². The molecular formula is C23H24N4O2S. The number of esters is 1. The summed E-state index contributed by atoms with van der Waals surface area (Å²) in [7, 11) is 1.39. The van der Waals surface area contributed by atoms with Crippen LogP contribution < -0.4 is 5.32 Å². The van der Waals surface area contributed by atoms with E-state index in [2.05, 4.69) is 32.8 Å². The van der Waals surface area contributed by atoms with Crippen molar-refractivity contribution in [1.29, 1.82) is 0 Å². The first-order chi connectivity index (χ1) is 14.6. The van der Waals surface area contributed by atoms with Gasteiger partial charge < -0.3 is 19.5 Å². The molecule has 3 heterocycles. The van der Waals surface area contributed by atoms with Gasteiger partial charge in [-0.1, -0.05) is 13.0 Å². The third kappa shape index (κ3) is 3.68. The summed E-state index contributed by atoms with van der Waals surface area (Å²) < 4.78 is 6.94. The van der Waals surface area contributed by atoms with E-state index < -0.39 is 0 Å². The summed E-state index contributed by atoms with van der Waals surface area (Å²) in [6.45, 7) is 3.00. The zero-order valence-corrected chi connectivity index (χ0v) is 17.8. The molecule has 1 aliphatic rings. The van der Waals surface area contributed by atoms with Crippen LogP contribution in [0.4, 0.5) is 0 Å². The summed E-state index contributed by atoms with van der Waals surface area (Å²) in [5, 5.41) is 4.22. The molecule has 0 unspecified atom stereocenters. The Bertz CT molecular complexity index is 1030. The highest BCUT2D eigenvalue weighted by Gasteiger charge is 2.40. The Balaban J connectivity index is 1.75. The number of hydrogen-bond acceptors (Lipinski definition) is 4. The molecule has 0 aliphatic carbocycles. The van der Waals surface area contributed by atoms with E-state index in [9.17, 15) is 4.79 Å². The molecular weight excluding hydrogens is 396 g/mol. The molecule has 2 aromatic heterocycles. The summed E-state index contributed by atoms with van der Waals surface area (Å²) in [6.07, 6.45) is 4.83. The molecule has 4 rings (SSSR count). The third-order valence-electron chi connectivity index (χ3n) is 5.31. The topological polar surface area (TPSA) is 59.4 Å². The van der Waals surface area contributed by atoms with Crippen LogP contribution in [-0.2, 0) is 4.74 Å². The van der Waals surface area contributed by atoms with Gasteiger partial charge in [0, 0.05) is 30.3 Å². The number of thiocarbonyl (C=S) groups is 1. The van der Waals surface area contributed by atoms with Crippen LogP contribution in [0.25, 0.3) is 5.69 Å². The van der Waals surface area contributed by atoms with Gasteiger partial charge in [-0.3, -0.25) is 4.98 Å². The number of carbonyl (C=O) groups excluding carboxylic acids is 1. The molecule has 3 aromatic rings. The highest BCUT2D eigenvalue weighted by Crippen LogP contribution is 2.39. The van der Waals surface area contributed by atoms with Crippen molar-refractivity contribution in [2.75, 3.05) is 13.7 Å². The van der Waals surface area contributed by atoms with Crippen molar-refractivity contribution in [2.24, 2.45) is 0 Å². The second kappa shape index (κ2) is 8.67. The number of pyridine rings is 1. The van der Waals surface area contributed by atoms with Crippen molar-refractivity contribution in [2.45, 2.75) is 25.4 Å². The van der Waals surface area contributed by atoms with Gasteiger partial charge in [-0.25, -0.2) is 4.79 Å². The number of methoxy groups -OCH3 is 1. The predicted molar refractivity (Wildman–Crippen MR) is 120 cm³/mol. The van der Waals surface area contributed by atoms with Gasteiger partial charge in [-0.15, -0.1) is 0 Å². The molecule has 0 bridgehead atoms. The molecule has 1 aliphatic heterocycles. The van der Waals surface area contributed by atoms with E-state index in [-0.39, 0.29) is 18.1 Å². The van der Waals surface area contributed by atoms with Crippen molar-refractivity contribution in [3.63, 3.8) is 0 Å². The quantitative estimate of drug-likeness (QED) is 0.480. The predicted octanol–water partition coefficient (Wildman–Crippen LogP) is 4.04. The van der Waals surface area contributed by atoms with Gasteiger partial charge in [0.1, 0.15) is 0 Å². The second-order valence-electron chi connectivity index (χ2n) is 7.16. The molecule has 7 heteroatoms. The number of carbonyl (C=O) groups is 1. The molecule has 1 saturated heterocycles. The lowest BCUT2D eigenvalue weighted by atomic mass is 10.0. The molecule has 0 saturated carbocycles. The van der Waals surface area contributed by atoms with Gasteiger partial charge in [-0.2, -0.15) is 0 Å². The number of nitrogens with one attached hydrogen (secondary N) is 1. The van der Waals surface area contributed by atoms with Crippen LogP contribution in [0, 0.1) is 0 Å². The minimum absolute atomic E-state index is 0.00244. The Labute approximate surface area is 181 Å². The van der Waals surface area contributed by atoms with Crippen LogP contribution in [0.15, 0.2) is 67.0 Å². The molecule has 0 spiro atoms. The number of benzene rings is 1. The number of rotatable bonds is 6. The SMILES string of the molecule is CCCN1C(=S)N[C@@H](c2ccccn2)[C@H]1c1cccn1-c1ccc(C(=O)OC)cc1. The largest absolute Gasteiger partial charge is 0.465 e. The monoisotopic (exact) mass is 420 g/mol. The van der Waals surface area contributed by atoms with E-state index in [0.717, 1.165) is 35.2 Å². The van der Waals surface area contributed by atoms with Crippen LogP contribution in [-0.4, -0.2) is 39.2 Å². The Morgan fingerprint density at radius 3 is 2.63 bits per heavy atom. The van der Waals surface area contributed by atoms with Crippen molar-refractivity contribution in [1.82, 2.24) is 19.8 Å². The van der Waals surface area contributed by atoms with Gasteiger partial charge in [0.05, 0.1) is 30.5 Å². The number of ether oxygens (including phenoxy) is 1. The molecule has 6 nitrogen and oxygen atoms in total. The van der Waals surface area contributed by atoms with Crippen LogP contribution >= 0.6 is 12.2 Å². The molecule has 0 radical (unpaired) electrons. The molecule has 30 heavy (non-hydrogen) atoms. The molecule has 1 N–H and O–H groups in total. The fraction of sp³-hybridized carbons (Fsp3) is 0.261. The van der Waals surface area contributed by atoms with Gasteiger partial charge in [0.15, 0.2) is 5.11 Å². The maximum Gasteiger partial charge on any atom is 0.337 e. The Morgan fingerprint density at radius 1 is 1.17 bits per heavy atom. The van der Waals surface area contributed by atoms with Gasteiger partial charge >= 0.3 is 5.97 Å². The summed E-state index contributed by atoms with van der Waals surface area (Å²) in [6, 6.07) is 17.5. The standard InChI is InChI=1S/C23H24N4O2S/c1-3-14-27-21(20(25-23(27)30)18-7-4-5-13-24-18)19-8-6-15-26(19)17-11-9-16(10-12-17)22(28)29-2/h4-13,15,20-21H,3,14H2,1-2H3,(H,25,30)/t20-,21+/m0/s1. The summed E-state index contributed by atoms with van der Waals surface area (Å²) in [5.74, 6) is -0.344. The minimum atomic E-state index is -0.344. The summed E-state index contributed by atoms with van der Waals surface area (Å²) >= 11 is 5.68. The van der Waals surface area contributed by atoms with Crippen molar-refractivity contribution >= 4 is 23.3 Å². The van der Waals surface area contributed by atoms with Crippen LogP contribution in [0.5, 0.6) is 0 Å². The lowest BCUT2D eigenvalue weighted by Crippen LogP contribution is -2.31. The lowest BCUT2D eigenvalue weighted by molar-refractivity contribution is 0.0600. The van der Waals surface area contributed by atoms with Gasteiger partial charge in [-0.05, 0) is 67.2 Å². The second-order valence-corrected chi connectivity index (χ2v) is 7.55. The first-order valence-corrected chi connectivity index (χ1v) is 10.4. The van der Waals surface area contributed by atoms with E-state index in [4.69, 9.17) is 17.0 Å². The smallest absolute Gasteiger partial charge is 0.337 e. The first kappa shape index (κ1) is 20.1. The lowest BCUT2D eigenvalue weighted by Gasteiger charge is -2.28. The molecule has 154 valence electrons. The van der Waals surface area contributed by atoms with E-state index in [1.807, 2.05) is 48.8 Å². The fourth-order valence-electron chi connectivity index (χ4n) is 3.95. The Morgan fingerprint density at radius 2 is 1.97 bits per heavy atom. The molecule has 2 atom stereocenters. The highest BCUT2D eigenvalue weighted by atomic mass is 32.1. The summed E-state index contributed by atoms with van der Waals surface area (Å²) in [4.78, 5) is 18.6. The van der Waals surface area contributed by atoms with Crippen molar-refractivity contribution < 1.29 is 9.53 Å². The number of hydrogen-bond donors (Lipinski definition) is 1. The first-order valence-electron chi connectivity index (χ1n) is 9.98. The average Bonchev–Trinajstić information content (AvgIpc) is 3.39. The van der Waals surface area contributed by atoms with Gasteiger partial charge in [0.25, 0.3) is 0 Å². The number of aromatic nitrogens is 2. The molecule has 1 fully saturated rings. The maximum absolute atomic E-state index is 11.8. The van der Waals surface area contributed by atoms with Crippen LogP contribution in [0.2, 0.25) is 0 Å². The number of nitrogens with zero attached hydrogens (tertiary/aromatic N) is 3. The minimum Gasteiger partial charge on any atom is -0.465 e.